The molecule has 1 aromatic carbocycles. The maximum atomic E-state index is 11.9. The van der Waals surface area contributed by atoms with Crippen molar-refractivity contribution in [2.24, 2.45) is 0 Å². The van der Waals surface area contributed by atoms with Crippen LogP contribution in [-0.2, 0) is 26.9 Å². The van der Waals surface area contributed by atoms with Gasteiger partial charge in [-0.1, -0.05) is 17.3 Å². The molecule has 2 aromatic rings. The predicted molar refractivity (Wildman–Crippen MR) is 79.9 cm³/mol. The van der Waals surface area contributed by atoms with Crippen LogP contribution in [0.25, 0.3) is 0 Å². The first kappa shape index (κ1) is 16.7. The summed E-state index contributed by atoms with van der Waals surface area (Å²) >= 11 is 0. The summed E-state index contributed by atoms with van der Waals surface area (Å²) in [5, 5.41) is 12.2. The number of aryl methyl sites for hydroxylation is 1. The van der Waals surface area contributed by atoms with Crippen LogP contribution in [0.3, 0.4) is 0 Å². The lowest BCUT2D eigenvalue weighted by Gasteiger charge is -2.04. The summed E-state index contributed by atoms with van der Waals surface area (Å²) < 4.78 is 33.0. The molecule has 0 amide bonds. The van der Waals surface area contributed by atoms with Gasteiger partial charge in [-0.15, -0.1) is 0 Å². The third-order valence-corrected chi connectivity index (χ3v) is 4.23. The summed E-state index contributed by atoms with van der Waals surface area (Å²) in [5.41, 5.74) is 1.31. The zero-order valence-corrected chi connectivity index (χ0v) is 13.2. The van der Waals surface area contributed by atoms with Gasteiger partial charge in [-0.2, -0.15) is 5.26 Å². The van der Waals surface area contributed by atoms with Gasteiger partial charge in [0.25, 0.3) is 0 Å². The van der Waals surface area contributed by atoms with Crippen LogP contribution in [0.5, 0.6) is 0 Å². The van der Waals surface area contributed by atoms with Crippen LogP contribution >= 0.6 is 0 Å². The molecule has 0 saturated heterocycles. The molecule has 0 saturated carbocycles. The highest BCUT2D eigenvalue weighted by Gasteiger charge is 2.13. The molecule has 0 atom stereocenters. The number of sulfone groups is 1. The second kappa shape index (κ2) is 7.07. The first-order chi connectivity index (χ1) is 10.9. The fraction of sp³-hybridized carbons (Fsp3) is 0.267. The van der Waals surface area contributed by atoms with Crippen LogP contribution in [0, 0.1) is 18.3 Å². The molecule has 1 aromatic heterocycles. The Labute approximate surface area is 133 Å². The van der Waals surface area contributed by atoms with E-state index in [0.29, 0.717) is 22.6 Å². The monoisotopic (exact) mass is 334 g/mol. The van der Waals surface area contributed by atoms with Crippen molar-refractivity contribution in [3.63, 3.8) is 0 Å². The number of esters is 1. The standard InChI is InChI=1S/C15H14N2O5S/c1-11-8-14(17-22-11)9-21-15(18)13-4-2-12(3-5-13)10-23(19,20)7-6-16/h2-5,8H,7,9-10H2,1H3. The zero-order chi connectivity index (χ0) is 16.9. The molecule has 0 radical (unpaired) electrons. The average Bonchev–Trinajstić information content (AvgIpc) is 2.90. The summed E-state index contributed by atoms with van der Waals surface area (Å²) in [7, 11) is -3.46. The maximum Gasteiger partial charge on any atom is 0.338 e. The summed E-state index contributed by atoms with van der Waals surface area (Å²) in [5.74, 6) is -0.696. The lowest BCUT2D eigenvalue weighted by molar-refractivity contribution is 0.0464. The van der Waals surface area contributed by atoms with Crippen molar-refractivity contribution < 1.29 is 22.5 Å². The van der Waals surface area contributed by atoms with Crippen molar-refractivity contribution in [1.82, 2.24) is 5.16 Å². The second-order valence-corrected chi connectivity index (χ2v) is 6.96. The van der Waals surface area contributed by atoms with Crippen molar-refractivity contribution in [2.75, 3.05) is 5.75 Å². The average molecular weight is 334 g/mol. The van der Waals surface area contributed by atoms with E-state index in [2.05, 4.69) is 5.16 Å². The van der Waals surface area contributed by atoms with Gasteiger partial charge in [0.2, 0.25) is 0 Å². The molecule has 120 valence electrons. The summed E-state index contributed by atoms with van der Waals surface area (Å²) in [4.78, 5) is 11.9. The number of aromatic nitrogens is 1. The van der Waals surface area contributed by atoms with Gasteiger partial charge in [0, 0.05) is 6.07 Å². The lowest BCUT2D eigenvalue weighted by Crippen LogP contribution is -2.09. The lowest BCUT2D eigenvalue weighted by atomic mass is 10.1. The van der Waals surface area contributed by atoms with Gasteiger partial charge in [0.05, 0.1) is 17.4 Å². The second-order valence-electron chi connectivity index (χ2n) is 4.89. The molecule has 8 heteroatoms. The fourth-order valence-electron chi connectivity index (χ4n) is 1.85. The molecule has 23 heavy (non-hydrogen) atoms. The van der Waals surface area contributed by atoms with Crippen molar-refractivity contribution in [1.29, 1.82) is 5.26 Å². The molecule has 0 aliphatic rings. The van der Waals surface area contributed by atoms with Gasteiger partial charge in [0.1, 0.15) is 23.8 Å². The highest BCUT2D eigenvalue weighted by molar-refractivity contribution is 7.90. The third kappa shape index (κ3) is 4.93. The number of benzene rings is 1. The quantitative estimate of drug-likeness (QED) is 0.740. The Hall–Kier alpha value is -2.66. The number of nitrogens with zero attached hydrogens (tertiary/aromatic N) is 2. The molecule has 0 bridgehead atoms. The Balaban J connectivity index is 1.96. The van der Waals surface area contributed by atoms with Crippen LogP contribution in [0.4, 0.5) is 0 Å². The van der Waals surface area contributed by atoms with Crippen LogP contribution in [0.1, 0.15) is 27.4 Å². The van der Waals surface area contributed by atoms with Gasteiger partial charge < -0.3 is 9.26 Å². The van der Waals surface area contributed by atoms with Crippen LogP contribution in [-0.4, -0.2) is 25.3 Å². The number of rotatable bonds is 6. The largest absolute Gasteiger partial charge is 0.455 e. The van der Waals surface area contributed by atoms with E-state index >= 15 is 0 Å². The molecule has 0 spiro atoms. The topological polar surface area (TPSA) is 110 Å². The van der Waals surface area contributed by atoms with Crippen molar-refractivity contribution in [3.8, 4) is 6.07 Å². The Kier molecular flexibility index (Phi) is 5.13. The summed E-state index contributed by atoms with van der Waals surface area (Å²) in [6.45, 7) is 1.73. The van der Waals surface area contributed by atoms with Gasteiger partial charge in [0.15, 0.2) is 9.84 Å². The van der Waals surface area contributed by atoms with E-state index in [1.54, 1.807) is 19.1 Å². The minimum Gasteiger partial charge on any atom is -0.455 e. The number of hydrogen-bond donors (Lipinski definition) is 0. The first-order valence-electron chi connectivity index (χ1n) is 6.65. The minimum atomic E-state index is -3.46. The highest BCUT2D eigenvalue weighted by Crippen LogP contribution is 2.11. The number of nitriles is 1. The Morgan fingerprint density at radius 2 is 2.04 bits per heavy atom. The Bertz CT molecular complexity index is 831. The van der Waals surface area contributed by atoms with Crippen LogP contribution in [0.15, 0.2) is 34.9 Å². The normalized spacial score (nSPS) is 11.0. The van der Waals surface area contributed by atoms with Crippen LogP contribution < -0.4 is 0 Å². The van der Waals surface area contributed by atoms with E-state index in [1.165, 1.54) is 24.3 Å². The SMILES string of the molecule is Cc1cc(COC(=O)c2ccc(CS(=O)(=O)CC#N)cc2)no1. The number of carbonyl (C=O) groups excluding carboxylic acids is 1. The van der Waals surface area contributed by atoms with E-state index in [4.69, 9.17) is 14.5 Å². The van der Waals surface area contributed by atoms with E-state index < -0.39 is 21.6 Å². The third-order valence-electron chi connectivity index (χ3n) is 2.89. The van der Waals surface area contributed by atoms with Gasteiger partial charge in [-0.3, -0.25) is 0 Å². The highest BCUT2D eigenvalue weighted by atomic mass is 32.2. The Morgan fingerprint density at radius 1 is 1.35 bits per heavy atom. The van der Waals surface area contributed by atoms with Crippen molar-refractivity contribution in [2.45, 2.75) is 19.3 Å². The molecule has 0 N–H and O–H groups in total. The molecular weight excluding hydrogens is 320 g/mol. The summed E-state index contributed by atoms with van der Waals surface area (Å²) in [6.07, 6.45) is 0. The molecule has 1 heterocycles. The number of hydrogen-bond acceptors (Lipinski definition) is 7. The molecule has 0 aliphatic carbocycles. The molecular formula is C15H14N2O5S. The number of ether oxygens (including phenoxy) is 1. The van der Waals surface area contributed by atoms with E-state index in [0.717, 1.165) is 0 Å². The van der Waals surface area contributed by atoms with Crippen molar-refractivity contribution >= 4 is 15.8 Å². The first-order valence-corrected chi connectivity index (χ1v) is 8.47. The molecule has 0 unspecified atom stereocenters. The number of carbonyl (C=O) groups is 1. The van der Waals surface area contributed by atoms with E-state index in [1.807, 2.05) is 0 Å². The molecule has 0 fully saturated rings. The van der Waals surface area contributed by atoms with E-state index in [-0.39, 0.29) is 12.4 Å². The molecule has 7 nitrogen and oxygen atoms in total. The van der Waals surface area contributed by atoms with E-state index in [9.17, 15) is 13.2 Å². The maximum absolute atomic E-state index is 11.9. The fourth-order valence-corrected chi connectivity index (χ4v) is 2.85. The molecule has 0 aliphatic heterocycles. The van der Waals surface area contributed by atoms with Gasteiger partial charge in [-0.25, -0.2) is 13.2 Å². The minimum absolute atomic E-state index is 0.00548. The predicted octanol–water partition coefficient (Wildman–Crippen LogP) is 1.78. The summed E-state index contributed by atoms with van der Waals surface area (Å²) in [6, 6.07) is 9.28. The smallest absolute Gasteiger partial charge is 0.338 e. The van der Waals surface area contributed by atoms with Gasteiger partial charge in [-0.05, 0) is 24.6 Å². The van der Waals surface area contributed by atoms with Gasteiger partial charge >= 0.3 is 5.97 Å². The zero-order valence-electron chi connectivity index (χ0n) is 12.4. The Morgan fingerprint density at radius 3 is 2.61 bits per heavy atom. The molecule has 2 rings (SSSR count). The van der Waals surface area contributed by atoms with Crippen LogP contribution in [0.2, 0.25) is 0 Å². The van der Waals surface area contributed by atoms with Crippen molar-refractivity contribution in [3.05, 3.63) is 52.9 Å².